The van der Waals surface area contributed by atoms with E-state index in [9.17, 15) is 9.59 Å². The Kier molecular flexibility index (Phi) is 7.06. The summed E-state index contributed by atoms with van der Waals surface area (Å²) >= 11 is 0. The molecule has 0 spiro atoms. The summed E-state index contributed by atoms with van der Waals surface area (Å²) in [6, 6.07) is 0. The zero-order chi connectivity index (χ0) is 16.8. The monoisotopic (exact) mass is 302 g/mol. The van der Waals surface area contributed by atoms with Gasteiger partial charge in [0.15, 0.2) is 0 Å². The van der Waals surface area contributed by atoms with E-state index in [1.54, 1.807) is 6.92 Å². The number of esters is 1. The van der Waals surface area contributed by atoms with Crippen LogP contribution >= 0.6 is 0 Å². The first-order valence-electron chi connectivity index (χ1n) is 6.80. The van der Waals surface area contributed by atoms with E-state index in [2.05, 4.69) is 6.58 Å². The molecule has 122 valence electrons. The molecule has 1 unspecified atom stereocenters. The van der Waals surface area contributed by atoms with Crippen molar-refractivity contribution in [2.24, 2.45) is 0 Å². The van der Waals surface area contributed by atoms with Crippen LogP contribution in [0.15, 0.2) is 12.2 Å². The van der Waals surface area contributed by atoms with Gasteiger partial charge < -0.3 is 9.84 Å². The standard InChI is InChI=1S/C15H26O6/c1-10(8-12(16)17)13(18)19-11(2)9-15(6,7)21-20-14(3,4)5/h11H,1,8-9H2,2-7H3,(H,16,17). The minimum Gasteiger partial charge on any atom is -0.481 e. The highest BCUT2D eigenvalue weighted by molar-refractivity contribution is 5.92. The van der Waals surface area contributed by atoms with E-state index in [4.69, 9.17) is 19.6 Å². The highest BCUT2D eigenvalue weighted by Gasteiger charge is 2.28. The SMILES string of the molecule is C=C(CC(=O)O)C(=O)OC(C)CC(C)(C)OOC(C)(C)C. The maximum atomic E-state index is 11.6. The Hall–Kier alpha value is -1.40. The molecular weight excluding hydrogens is 276 g/mol. The van der Waals surface area contributed by atoms with E-state index in [0.717, 1.165) is 0 Å². The molecule has 1 atom stereocenters. The highest BCUT2D eigenvalue weighted by Crippen LogP contribution is 2.22. The normalized spacial score (nSPS) is 13.6. The molecule has 0 aromatic carbocycles. The van der Waals surface area contributed by atoms with E-state index >= 15 is 0 Å². The molecule has 0 radical (unpaired) electrons. The summed E-state index contributed by atoms with van der Waals surface area (Å²) in [7, 11) is 0. The topological polar surface area (TPSA) is 82.1 Å². The van der Waals surface area contributed by atoms with Gasteiger partial charge in [-0.25, -0.2) is 14.6 Å². The van der Waals surface area contributed by atoms with Gasteiger partial charge in [0.2, 0.25) is 0 Å². The predicted octanol–water partition coefficient (Wildman–Crippen LogP) is 2.86. The molecule has 6 heteroatoms. The summed E-state index contributed by atoms with van der Waals surface area (Å²) in [6.07, 6.45) is -0.491. The molecule has 0 aliphatic carbocycles. The van der Waals surface area contributed by atoms with Crippen LogP contribution in [0.3, 0.4) is 0 Å². The van der Waals surface area contributed by atoms with Crippen molar-refractivity contribution >= 4 is 11.9 Å². The van der Waals surface area contributed by atoms with Crippen molar-refractivity contribution in [2.75, 3.05) is 0 Å². The largest absolute Gasteiger partial charge is 0.481 e. The van der Waals surface area contributed by atoms with E-state index < -0.39 is 35.7 Å². The molecule has 0 rings (SSSR count). The van der Waals surface area contributed by atoms with Gasteiger partial charge in [0.1, 0.15) is 11.7 Å². The molecule has 0 saturated heterocycles. The van der Waals surface area contributed by atoms with Crippen LogP contribution in [0.4, 0.5) is 0 Å². The van der Waals surface area contributed by atoms with Gasteiger partial charge >= 0.3 is 11.9 Å². The summed E-state index contributed by atoms with van der Waals surface area (Å²) in [6.45, 7) is 14.3. The lowest BCUT2D eigenvalue weighted by Gasteiger charge is -2.30. The second-order valence-electron chi connectivity index (χ2n) is 6.63. The molecule has 6 nitrogen and oxygen atoms in total. The summed E-state index contributed by atoms with van der Waals surface area (Å²) in [4.78, 5) is 32.8. The number of aliphatic carboxylic acids is 1. The smallest absolute Gasteiger partial charge is 0.334 e. The van der Waals surface area contributed by atoms with E-state index in [-0.39, 0.29) is 5.57 Å². The zero-order valence-electron chi connectivity index (χ0n) is 13.7. The highest BCUT2D eigenvalue weighted by atomic mass is 17.2. The Bertz CT molecular complexity index is 391. The fourth-order valence-electron chi connectivity index (χ4n) is 1.53. The average molecular weight is 302 g/mol. The molecule has 0 bridgehead atoms. The molecule has 0 aliphatic rings. The van der Waals surface area contributed by atoms with Crippen LogP contribution in [-0.4, -0.2) is 34.4 Å². The minimum atomic E-state index is -1.12. The fraction of sp³-hybridized carbons (Fsp3) is 0.733. The van der Waals surface area contributed by atoms with E-state index in [0.29, 0.717) is 6.42 Å². The van der Waals surface area contributed by atoms with Crippen LogP contribution in [0, 0.1) is 0 Å². The van der Waals surface area contributed by atoms with Crippen molar-refractivity contribution in [2.45, 2.75) is 71.7 Å². The molecule has 0 aromatic rings. The van der Waals surface area contributed by atoms with E-state index in [1.165, 1.54) is 0 Å². The second-order valence-corrected chi connectivity index (χ2v) is 6.63. The van der Waals surface area contributed by atoms with Gasteiger partial charge in [-0.15, -0.1) is 0 Å². The molecule has 0 aromatic heterocycles. The number of carboxylic acids is 1. The van der Waals surface area contributed by atoms with Crippen LogP contribution in [0.5, 0.6) is 0 Å². The maximum absolute atomic E-state index is 11.6. The third-order valence-corrected chi connectivity index (χ3v) is 2.26. The van der Waals surface area contributed by atoms with Crippen molar-refractivity contribution in [1.82, 2.24) is 0 Å². The zero-order valence-corrected chi connectivity index (χ0v) is 13.7. The van der Waals surface area contributed by atoms with Crippen LogP contribution in [0.2, 0.25) is 0 Å². The van der Waals surface area contributed by atoms with Gasteiger partial charge in [0, 0.05) is 12.0 Å². The first kappa shape index (κ1) is 19.6. The predicted molar refractivity (Wildman–Crippen MR) is 77.6 cm³/mol. The Morgan fingerprint density at radius 1 is 1.14 bits per heavy atom. The lowest BCUT2D eigenvalue weighted by Crippen LogP contribution is -2.34. The Labute approximate surface area is 126 Å². The van der Waals surface area contributed by atoms with E-state index in [1.807, 2.05) is 34.6 Å². The van der Waals surface area contributed by atoms with Crippen molar-refractivity contribution in [1.29, 1.82) is 0 Å². The van der Waals surface area contributed by atoms with Crippen molar-refractivity contribution in [3.63, 3.8) is 0 Å². The number of hydrogen-bond donors (Lipinski definition) is 1. The molecular formula is C15H26O6. The number of hydrogen-bond acceptors (Lipinski definition) is 5. The van der Waals surface area contributed by atoms with Crippen LogP contribution < -0.4 is 0 Å². The quantitative estimate of drug-likeness (QED) is 0.321. The van der Waals surface area contributed by atoms with Gasteiger partial charge in [0.05, 0.1) is 12.0 Å². The number of carbonyl (C=O) groups is 2. The third-order valence-electron chi connectivity index (χ3n) is 2.26. The van der Waals surface area contributed by atoms with Crippen molar-refractivity contribution in [3.8, 4) is 0 Å². The minimum absolute atomic E-state index is 0.0842. The summed E-state index contributed by atoms with van der Waals surface area (Å²) in [5, 5.41) is 8.59. The van der Waals surface area contributed by atoms with Gasteiger partial charge in [-0.1, -0.05) is 6.58 Å². The molecule has 0 amide bonds. The molecule has 0 fully saturated rings. The maximum Gasteiger partial charge on any atom is 0.334 e. The van der Waals surface area contributed by atoms with Crippen molar-refractivity contribution < 1.29 is 29.2 Å². The lowest BCUT2D eigenvalue weighted by atomic mass is 10.0. The van der Waals surface area contributed by atoms with Crippen LogP contribution in [0.1, 0.15) is 54.4 Å². The fourth-order valence-corrected chi connectivity index (χ4v) is 1.53. The number of carbonyl (C=O) groups excluding carboxylic acids is 1. The molecule has 1 N–H and O–H groups in total. The summed E-state index contributed by atoms with van der Waals surface area (Å²) in [5.74, 6) is -1.83. The van der Waals surface area contributed by atoms with Crippen molar-refractivity contribution in [3.05, 3.63) is 12.2 Å². The first-order valence-corrected chi connectivity index (χ1v) is 6.80. The molecule has 0 heterocycles. The van der Waals surface area contributed by atoms with Crippen LogP contribution in [-0.2, 0) is 24.1 Å². The third kappa shape index (κ3) is 10.0. The number of ether oxygens (including phenoxy) is 1. The van der Waals surface area contributed by atoms with Gasteiger partial charge in [-0.3, -0.25) is 4.79 Å². The molecule has 21 heavy (non-hydrogen) atoms. The van der Waals surface area contributed by atoms with Gasteiger partial charge in [0.25, 0.3) is 0 Å². The molecule has 0 saturated carbocycles. The summed E-state index contributed by atoms with van der Waals surface area (Å²) < 4.78 is 5.14. The number of carboxylic acid groups (broad SMARTS) is 1. The van der Waals surface area contributed by atoms with Gasteiger partial charge in [-0.05, 0) is 41.5 Å². The second kappa shape index (κ2) is 7.56. The summed E-state index contributed by atoms with van der Waals surface area (Å²) in [5.41, 5.74) is -1.17. The number of rotatable bonds is 8. The Balaban J connectivity index is 4.34. The first-order chi connectivity index (χ1) is 9.32. The Morgan fingerprint density at radius 2 is 1.67 bits per heavy atom. The van der Waals surface area contributed by atoms with Crippen LogP contribution in [0.25, 0.3) is 0 Å². The lowest BCUT2D eigenvalue weighted by molar-refractivity contribution is -0.399. The molecule has 0 aliphatic heterocycles. The average Bonchev–Trinajstić information content (AvgIpc) is 2.23. The Morgan fingerprint density at radius 3 is 2.10 bits per heavy atom. The van der Waals surface area contributed by atoms with Gasteiger partial charge in [-0.2, -0.15) is 0 Å².